The van der Waals surface area contributed by atoms with Crippen molar-refractivity contribution in [2.45, 2.75) is 20.3 Å². The summed E-state index contributed by atoms with van der Waals surface area (Å²) in [5, 5.41) is 3.27. The molecule has 0 unspecified atom stereocenters. The van der Waals surface area contributed by atoms with E-state index < -0.39 is 0 Å². The predicted octanol–water partition coefficient (Wildman–Crippen LogP) is 2.52. The molecule has 17 heavy (non-hydrogen) atoms. The van der Waals surface area contributed by atoms with E-state index in [0.29, 0.717) is 18.2 Å². The number of nitrogens with zero attached hydrogens (tertiary/aromatic N) is 1. The fourth-order valence-corrected chi connectivity index (χ4v) is 1.64. The van der Waals surface area contributed by atoms with E-state index in [4.69, 9.17) is 10.5 Å². The highest BCUT2D eigenvalue weighted by Gasteiger charge is 2.14. The average Bonchev–Trinajstić information content (AvgIpc) is 2.29. The third-order valence-electron chi connectivity index (χ3n) is 2.66. The Kier molecular flexibility index (Phi) is 3.52. The Balaban J connectivity index is 2.01. The van der Waals surface area contributed by atoms with Gasteiger partial charge in [0.25, 0.3) is 0 Å². The SMILES string of the molecule is CC(C)CCN=C1COc2cc(N)ccc2N1. The standard InChI is InChI=1S/C13H19N3O/c1-9(2)5-6-15-13-8-17-12-7-10(14)3-4-11(12)16-13/h3-4,7,9H,5-6,8,14H2,1-2H3,(H,15,16). The number of rotatable bonds is 3. The Labute approximate surface area is 102 Å². The number of anilines is 2. The van der Waals surface area contributed by atoms with Gasteiger partial charge in [-0.25, -0.2) is 0 Å². The summed E-state index contributed by atoms with van der Waals surface area (Å²) < 4.78 is 5.60. The van der Waals surface area contributed by atoms with Gasteiger partial charge in [0.15, 0.2) is 0 Å². The summed E-state index contributed by atoms with van der Waals surface area (Å²) in [6.07, 6.45) is 1.10. The molecule has 1 aliphatic rings. The first-order valence-corrected chi connectivity index (χ1v) is 5.98. The Morgan fingerprint density at radius 2 is 2.29 bits per heavy atom. The molecular weight excluding hydrogens is 214 g/mol. The fourth-order valence-electron chi connectivity index (χ4n) is 1.64. The summed E-state index contributed by atoms with van der Waals surface area (Å²) in [6, 6.07) is 5.60. The van der Waals surface area contributed by atoms with Gasteiger partial charge in [-0.15, -0.1) is 0 Å². The Hall–Kier alpha value is -1.71. The molecule has 0 bridgehead atoms. The van der Waals surface area contributed by atoms with Crippen molar-refractivity contribution in [1.82, 2.24) is 0 Å². The minimum Gasteiger partial charge on any atom is -0.483 e. The molecule has 1 aliphatic heterocycles. The van der Waals surface area contributed by atoms with E-state index in [9.17, 15) is 0 Å². The van der Waals surface area contributed by atoms with E-state index in [1.165, 1.54) is 0 Å². The maximum atomic E-state index is 5.69. The van der Waals surface area contributed by atoms with E-state index in [1.807, 2.05) is 18.2 Å². The number of nitrogen functional groups attached to an aromatic ring is 1. The van der Waals surface area contributed by atoms with Crippen LogP contribution in [0.15, 0.2) is 23.2 Å². The van der Waals surface area contributed by atoms with Gasteiger partial charge in [0, 0.05) is 18.3 Å². The van der Waals surface area contributed by atoms with Gasteiger partial charge in [-0.2, -0.15) is 0 Å². The molecule has 4 heteroatoms. The van der Waals surface area contributed by atoms with Crippen molar-refractivity contribution in [3.8, 4) is 5.75 Å². The molecule has 0 saturated carbocycles. The molecule has 2 rings (SSSR count). The molecule has 1 aromatic carbocycles. The number of amidine groups is 1. The summed E-state index contributed by atoms with van der Waals surface area (Å²) in [4.78, 5) is 4.49. The van der Waals surface area contributed by atoms with Gasteiger partial charge in [0.05, 0.1) is 5.69 Å². The zero-order valence-corrected chi connectivity index (χ0v) is 10.4. The van der Waals surface area contributed by atoms with Gasteiger partial charge < -0.3 is 15.8 Å². The highest BCUT2D eigenvalue weighted by molar-refractivity contribution is 5.99. The fraction of sp³-hybridized carbons (Fsp3) is 0.462. The van der Waals surface area contributed by atoms with Crippen molar-refractivity contribution in [3.05, 3.63) is 18.2 Å². The van der Waals surface area contributed by atoms with Crippen LogP contribution >= 0.6 is 0 Å². The molecule has 0 aliphatic carbocycles. The zero-order chi connectivity index (χ0) is 12.3. The van der Waals surface area contributed by atoms with Crippen molar-refractivity contribution in [2.75, 3.05) is 24.2 Å². The maximum absolute atomic E-state index is 5.69. The van der Waals surface area contributed by atoms with Crippen LogP contribution in [0.4, 0.5) is 11.4 Å². The molecular formula is C13H19N3O. The minimum atomic E-state index is 0.495. The average molecular weight is 233 g/mol. The van der Waals surface area contributed by atoms with E-state index in [-0.39, 0.29) is 0 Å². The number of ether oxygens (including phenoxy) is 1. The van der Waals surface area contributed by atoms with Crippen LogP contribution in [0.5, 0.6) is 5.75 Å². The van der Waals surface area contributed by atoms with Crippen molar-refractivity contribution in [2.24, 2.45) is 10.9 Å². The van der Waals surface area contributed by atoms with Crippen LogP contribution in [-0.2, 0) is 0 Å². The largest absolute Gasteiger partial charge is 0.483 e. The van der Waals surface area contributed by atoms with Crippen LogP contribution in [0.25, 0.3) is 0 Å². The summed E-state index contributed by atoms with van der Waals surface area (Å²) >= 11 is 0. The van der Waals surface area contributed by atoms with Crippen LogP contribution in [0.2, 0.25) is 0 Å². The molecule has 0 radical (unpaired) electrons. The lowest BCUT2D eigenvalue weighted by Crippen LogP contribution is -2.26. The molecule has 0 spiro atoms. The summed E-state index contributed by atoms with van der Waals surface area (Å²) in [5.41, 5.74) is 7.34. The van der Waals surface area contributed by atoms with E-state index in [2.05, 4.69) is 24.2 Å². The summed E-state index contributed by atoms with van der Waals surface area (Å²) in [5.74, 6) is 2.37. The van der Waals surface area contributed by atoms with Crippen LogP contribution in [-0.4, -0.2) is 19.0 Å². The van der Waals surface area contributed by atoms with Gasteiger partial charge in [-0.3, -0.25) is 4.99 Å². The second-order valence-corrected chi connectivity index (χ2v) is 4.68. The molecule has 0 atom stereocenters. The van der Waals surface area contributed by atoms with Gasteiger partial charge >= 0.3 is 0 Å². The summed E-state index contributed by atoms with van der Waals surface area (Å²) in [6.45, 7) is 5.73. The number of nitrogens with two attached hydrogens (primary N) is 1. The first kappa shape index (κ1) is 11.8. The third kappa shape index (κ3) is 3.12. The molecule has 0 saturated heterocycles. The molecule has 1 aromatic rings. The van der Waals surface area contributed by atoms with Gasteiger partial charge in [0.1, 0.15) is 18.2 Å². The van der Waals surface area contributed by atoms with E-state index >= 15 is 0 Å². The highest BCUT2D eigenvalue weighted by atomic mass is 16.5. The molecule has 0 fully saturated rings. The first-order valence-electron chi connectivity index (χ1n) is 5.98. The second-order valence-electron chi connectivity index (χ2n) is 4.68. The number of hydrogen-bond donors (Lipinski definition) is 2. The predicted molar refractivity (Wildman–Crippen MR) is 71.7 cm³/mol. The monoisotopic (exact) mass is 233 g/mol. The molecule has 1 heterocycles. The van der Waals surface area contributed by atoms with Crippen LogP contribution in [0, 0.1) is 5.92 Å². The molecule has 4 nitrogen and oxygen atoms in total. The lowest BCUT2D eigenvalue weighted by Gasteiger charge is -2.21. The topological polar surface area (TPSA) is 59.6 Å². The van der Waals surface area contributed by atoms with E-state index in [0.717, 1.165) is 30.2 Å². The number of hydrogen-bond acceptors (Lipinski definition) is 3. The van der Waals surface area contributed by atoms with Crippen LogP contribution in [0.3, 0.4) is 0 Å². The van der Waals surface area contributed by atoms with Crippen LogP contribution in [0.1, 0.15) is 20.3 Å². The Morgan fingerprint density at radius 1 is 1.47 bits per heavy atom. The third-order valence-corrected chi connectivity index (χ3v) is 2.66. The van der Waals surface area contributed by atoms with Gasteiger partial charge in [-0.05, 0) is 24.5 Å². The summed E-state index contributed by atoms with van der Waals surface area (Å²) in [7, 11) is 0. The van der Waals surface area contributed by atoms with Crippen LogP contribution < -0.4 is 15.8 Å². The number of nitrogens with one attached hydrogen (secondary N) is 1. The zero-order valence-electron chi connectivity index (χ0n) is 10.4. The lowest BCUT2D eigenvalue weighted by molar-refractivity contribution is 0.372. The number of fused-ring (bicyclic) bond motifs is 1. The normalized spacial score (nSPS) is 16.5. The van der Waals surface area contributed by atoms with Crippen molar-refractivity contribution < 1.29 is 4.74 Å². The quantitative estimate of drug-likeness (QED) is 0.789. The second kappa shape index (κ2) is 5.08. The molecule has 92 valence electrons. The molecule has 0 amide bonds. The van der Waals surface area contributed by atoms with Crippen molar-refractivity contribution in [3.63, 3.8) is 0 Å². The van der Waals surface area contributed by atoms with Gasteiger partial charge in [-0.1, -0.05) is 13.8 Å². The molecule has 0 aromatic heterocycles. The van der Waals surface area contributed by atoms with Crippen molar-refractivity contribution >= 4 is 17.2 Å². The number of benzene rings is 1. The molecule has 3 N–H and O–H groups in total. The lowest BCUT2D eigenvalue weighted by atomic mass is 10.1. The highest BCUT2D eigenvalue weighted by Crippen LogP contribution is 2.29. The van der Waals surface area contributed by atoms with Gasteiger partial charge in [0.2, 0.25) is 0 Å². The smallest absolute Gasteiger partial charge is 0.146 e. The first-order chi connectivity index (χ1) is 8.15. The van der Waals surface area contributed by atoms with E-state index in [1.54, 1.807) is 0 Å². The minimum absolute atomic E-state index is 0.495. The van der Waals surface area contributed by atoms with Crippen molar-refractivity contribution in [1.29, 1.82) is 0 Å². The number of aliphatic imine (C=N–C) groups is 1. The Bertz CT molecular complexity index is 427. The maximum Gasteiger partial charge on any atom is 0.146 e. The Morgan fingerprint density at radius 3 is 3.06 bits per heavy atom.